The molecule has 0 saturated heterocycles. The summed E-state index contributed by atoms with van der Waals surface area (Å²) in [5.41, 5.74) is 0.982. The molecule has 0 amide bonds. The van der Waals surface area contributed by atoms with Gasteiger partial charge in [0.25, 0.3) is 0 Å². The molecule has 0 N–H and O–H groups in total. The lowest BCUT2D eigenvalue weighted by molar-refractivity contribution is 1.28. The predicted octanol–water partition coefficient (Wildman–Crippen LogP) is 2.26. The molecule has 8 heavy (non-hydrogen) atoms. The third-order valence-electron chi connectivity index (χ3n) is 0.846. The summed E-state index contributed by atoms with van der Waals surface area (Å²) in [6, 6.07) is 0. The quantitative estimate of drug-likeness (QED) is 0.412. The second kappa shape index (κ2) is 3.72. The van der Waals surface area contributed by atoms with Crippen LogP contribution in [-0.4, -0.2) is 6.21 Å². The topological polar surface area (TPSA) is 12.4 Å². The summed E-state index contributed by atoms with van der Waals surface area (Å²) < 4.78 is 0. The lowest BCUT2D eigenvalue weighted by Gasteiger charge is -1.90. The number of aliphatic imine (C=N–C) groups is 1. The van der Waals surface area contributed by atoms with Crippen LogP contribution in [0.15, 0.2) is 15.6 Å². The smallest absolute Gasteiger partial charge is 0.0457 e. The number of thiol groups is 1. The highest BCUT2D eigenvalue weighted by Gasteiger charge is 1.83. The van der Waals surface area contributed by atoms with Crippen molar-refractivity contribution in [3.63, 3.8) is 0 Å². The first-order chi connectivity index (χ1) is 3.68. The van der Waals surface area contributed by atoms with Crippen LogP contribution in [0.1, 0.15) is 20.8 Å². The van der Waals surface area contributed by atoms with Crippen LogP contribution in [0.25, 0.3) is 0 Å². The summed E-state index contributed by atoms with van der Waals surface area (Å²) in [6.07, 6.45) is 1.76. The highest BCUT2D eigenvalue weighted by Crippen LogP contribution is 2.06. The van der Waals surface area contributed by atoms with E-state index in [0.29, 0.717) is 0 Å². The monoisotopic (exact) mass is 129 g/mol. The van der Waals surface area contributed by atoms with Gasteiger partial charge in [-0.25, -0.2) is 0 Å². The molecule has 0 atom stereocenters. The number of rotatable bonds is 1. The Morgan fingerprint density at radius 2 is 2.00 bits per heavy atom. The Hall–Kier alpha value is -0.240. The van der Waals surface area contributed by atoms with Crippen molar-refractivity contribution >= 4 is 18.8 Å². The zero-order valence-electron chi connectivity index (χ0n) is 5.47. The van der Waals surface area contributed by atoms with Crippen LogP contribution in [0.5, 0.6) is 0 Å². The maximum absolute atomic E-state index is 4.09. The van der Waals surface area contributed by atoms with Gasteiger partial charge in [0.05, 0.1) is 0 Å². The van der Waals surface area contributed by atoms with E-state index in [9.17, 15) is 0 Å². The predicted molar refractivity (Wildman–Crippen MR) is 41.5 cm³/mol. The Bertz CT molecular complexity index is 120. The Morgan fingerprint density at radius 1 is 1.50 bits per heavy atom. The summed E-state index contributed by atoms with van der Waals surface area (Å²) in [6.45, 7) is 5.74. The Labute approximate surface area is 55.9 Å². The zero-order chi connectivity index (χ0) is 6.57. The van der Waals surface area contributed by atoms with E-state index in [1.54, 1.807) is 6.21 Å². The minimum absolute atomic E-state index is 0.975. The minimum Gasteiger partial charge on any atom is -0.265 e. The molecule has 0 unspecified atom stereocenters. The zero-order valence-corrected chi connectivity index (χ0v) is 6.37. The number of hydrogen-bond donors (Lipinski definition) is 1. The van der Waals surface area contributed by atoms with Gasteiger partial charge >= 0.3 is 0 Å². The van der Waals surface area contributed by atoms with Gasteiger partial charge in [-0.2, -0.15) is 0 Å². The van der Waals surface area contributed by atoms with Gasteiger partial charge in [-0.1, -0.05) is 0 Å². The molecule has 0 aromatic heterocycles. The molecule has 0 radical (unpaired) electrons. The van der Waals surface area contributed by atoms with Gasteiger partial charge < -0.3 is 0 Å². The second-order valence-corrected chi connectivity index (χ2v) is 2.23. The third kappa shape index (κ3) is 2.86. The van der Waals surface area contributed by atoms with Crippen LogP contribution in [0.4, 0.5) is 0 Å². The highest BCUT2D eigenvalue weighted by atomic mass is 32.1. The van der Waals surface area contributed by atoms with Crippen LogP contribution in [0.2, 0.25) is 0 Å². The first-order valence-corrected chi connectivity index (χ1v) is 2.98. The van der Waals surface area contributed by atoms with Crippen molar-refractivity contribution < 1.29 is 0 Å². The third-order valence-corrected chi connectivity index (χ3v) is 1.17. The van der Waals surface area contributed by atoms with E-state index in [4.69, 9.17) is 0 Å². The van der Waals surface area contributed by atoms with Crippen molar-refractivity contribution in [3.05, 3.63) is 10.6 Å². The van der Waals surface area contributed by atoms with Crippen molar-refractivity contribution in [2.24, 2.45) is 4.99 Å². The second-order valence-electron chi connectivity index (χ2n) is 1.56. The van der Waals surface area contributed by atoms with Gasteiger partial charge in [0.15, 0.2) is 0 Å². The summed E-state index contributed by atoms with van der Waals surface area (Å²) >= 11 is 4.09. The fourth-order valence-electron chi connectivity index (χ4n) is 0.287. The maximum Gasteiger partial charge on any atom is 0.0457 e. The maximum atomic E-state index is 4.09. The van der Waals surface area contributed by atoms with E-state index in [1.165, 1.54) is 0 Å². The normalized spacial score (nSPS) is 14.5. The van der Waals surface area contributed by atoms with Crippen molar-refractivity contribution in [2.45, 2.75) is 20.8 Å². The largest absolute Gasteiger partial charge is 0.265 e. The van der Waals surface area contributed by atoms with E-state index >= 15 is 0 Å². The van der Waals surface area contributed by atoms with Gasteiger partial charge in [0.1, 0.15) is 0 Å². The number of nitrogens with zero attached hydrogens (tertiary/aromatic N) is 1. The van der Waals surface area contributed by atoms with Gasteiger partial charge in [-0.15, -0.1) is 12.6 Å². The first-order valence-electron chi connectivity index (χ1n) is 2.53. The number of hydrogen-bond acceptors (Lipinski definition) is 2. The molecule has 0 spiro atoms. The van der Waals surface area contributed by atoms with E-state index in [2.05, 4.69) is 17.6 Å². The van der Waals surface area contributed by atoms with Crippen LogP contribution < -0.4 is 0 Å². The molecule has 0 aliphatic carbocycles. The molecule has 0 aliphatic rings. The molecule has 46 valence electrons. The summed E-state index contributed by atoms with van der Waals surface area (Å²) in [5.74, 6) is 0. The standard InChI is InChI=1S/C6H11NS/c1-4-7-5(2)6(3)8/h4,8H,1-3H3/b6-5-,7-4?. The Balaban J connectivity index is 4.00. The van der Waals surface area contributed by atoms with E-state index < -0.39 is 0 Å². The van der Waals surface area contributed by atoms with Crippen LogP contribution in [0, 0.1) is 0 Å². The van der Waals surface area contributed by atoms with Gasteiger partial charge in [-0.05, 0) is 25.7 Å². The number of allylic oxidation sites excluding steroid dienone is 2. The fraction of sp³-hybridized carbons (Fsp3) is 0.500. The van der Waals surface area contributed by atoms with Crippen LogP contribution in [0.3, 0.4) is 0 Å². The van der Waals surface area contributed by atoms with Gasteiger partial charge in [0.2, 0.25) is 0 Å². The van der Waals surface area contributed by atoms with Crippen molar-refractivity contribution in [2.75, 3.05) is 0 Å². The molecule has 0 aliphatic heterocycles. The lowest BCUT2D eigenvalue weighted by atomic mass is 10.5. The molecule has 1 nitrogen and oxygen atoms in total. The summed E-state index contributed by atoms with van der Waals surface area (Å²) in [7, 11) is 0. The average Bonchev–Trinajstić information content (AvgIpc) is 1.67. The van der Waals surface area contributed by atoms with Crippen molar-refractivity contribution in [1.82, 2.24) is 0 Å². The fourth-order valence-corrected chi connectivity index (χ4v) is 0.345. The SMILES string of the molecule is CC=N/C(C)=C(/C)S. The molecule has 0 rings (SSSR count). The van der Waals surface area contributed by atoms with E-state index in [1.807, 2.05) is 20.8 Å². The Kier molecular flexibility index (Phi) is 3.61. The molecule has 0 fully saturated rings. The van der Waals surface area contributed by atoms with Crippen LogP contribution >= 0.6 is 12.6 Å². The molecular weight excluding hydrogens is 118 g/mol. The first kappa shape index (κ1) is 7.76. The summed E-state index contributed by atoms with van der Waals surface area (Å²) in [4.78, 5) is 4.98. The lowest BCUT2D eigenvalue weighted by Crippen LogP contribution is -1.70. The van der Waals surface area contributed by atoms with E-state index in [-0.39, 0.29) is 0 Å². The molecule has 0 saturated carbocycles. The molecule has 0 heterocycles. The minimum atomic E-state index is 0.975. The summed E-state index contributed by atoms with van der Waals surface area (Å²) in [5, 5.41) is 0. The van der Waals surface area contributed by atoms with Crippen LogP contribution in [-0.2, 0) is 0 Å². The highest BCUT2D eigenvalue weighted by molar-refractivity contribution is 7.84. The molecule has 2 heteroatoms. The van der Waals surface area contributed by atoms with Crippen molar-refractivity contribution in [1.29, 1.82) is 0 Å². The molecule has 0 aromatic carbocycles. The van der Waals surface area contributed by atoms with Gasteiger partial charge in [0, 0.05) is 11.9 Å². The van der Waals surface area contributed by atoms with Crippen molar-refractivity contribution in [3.8, 4) is 0 Å². The van der Waals surface area contributed by atoms with E-state index in [0.717, 1.165) is 10.6 Å². The van der Waals surface area contributed by atoms with Gasteiger partial charge in [-0.3, -0.25) is 4.99 Å². The molecule has 0 bridgehead atoms. The molecular formula is C6H11NS. The average molecular weight is 129 g/mol. The Morgan fingerprint density at radius 3 is 2.12 bits per heavy atom. The molecule has 0 aromatic rings.